The zero-order valence-electron chi connectivity index (χ0n) is 36.5. The highest BCUT2D eigenvalue weighted by Crippen LogP contribution is 2.51. The molecule has 2 heterocycles. The maximum Gasteiger partial charge on any atom is 0.351 e. The van der Waals surface area contributed by atoms with Gasteiger partial charge in [-0.05, 0) is 86.9 Å². The van der Waals surface area contributed by atoms with Crippen LogP contribution >= 0.6 is 20.7 Å². The Balaban J connectivity index is 1.59. The molecule has 0 aliphatic carbocycles. The number of alkyl halides is 1. The van der Waals surface area contributed by atoms with Gasteiger partial charge in [0, 0.05) is 30.6 Å². The van der Waals surface area contributed by atoms with E-state index in [9.17, 15) is 9.59 Å². The van der Waals surface area contributed by atoms with Gasteiger partial charge in [-0.2, -0.15) is 4.98 Å². The summed E-state index contributed by atoms with van der Waals surface area (Å²) in [7, 11) is 1.23. The number of carbonyl (C=O) groups is 1. The maximum atomic E-state index is 17.4. The van der Waals surface area contributed by atoms with E-state index in [1.165, 1.54) is 19.2 Å². The van der Waals surface area contributed by atoms with Gasteiger partial charge >= 0.3 is 5.69 Å². The van der Waals surface area contributed by atoms with Gasteiger partial charge in [0.1, 0.15) is 41.7 Å². The molecule has 330 valence electrons. The predicted octanol–water partition coefficient (Wildman–Crippen LogP) is 8.60. The van der Waals surface area contributed by atoms with Crippen molar-refractivity contribution >= 4 is 37.5 Å². The summed E-state index contributed by atoms with van der Waals surface area (Å²) in [5, 5.41) is 2.94. The quantitative estimate of drug-likeness (QED) is 0.0419. The first-order chi connectivity index (χ1) is 29.0. The van der Waals surface area contributed by atoms with Crippen molar-refractivity contribution in [3.8, 4) is 11.5 Å². The van der Waals surface area contributed by atoms with E-state index in [-0.39, 0.29) is 43.1 Å². The number of thiocarbonyl (C=S) groups is 1. The van der Waals surface area contributed by atoms with Gasteiger partial charge in [0.15, 0.2) is 17.5 Å². The lowest BCUT2D eigenvalue weighted by atomic mass is 9.80. The smallest absolute Gasteiger partial charge is 0.351 e. The Kier molecular flexibility index (Phi) is 16.5. The lowest BCUT2D eigenvalue weighted by molar-refractivity contribution is -0.114. The van der Waals surface area contributed by atoms with Crippen molar-refractivity contribution < 1.29 is 41.9 Å². The molecule has 0 spiro atoms. The summed E-state index contributed by atoms with van der Waals surface area (Å²) in [6.07, 6.45) is -4.46. The minimum absolute atomic E-state index is 0.0241. The molecule has 5 atom stereocenters. The van der Waals surface area contributed by atoms with Crippen LogP contribution in [0.5, 0.6) is 11.5 Å². The van der Waals surface area contributed by atoms with E-state index in [0.717, 1.165) is 21.3 Å². The van der Waals surface area contributed by atoms with Gasteiger partial charge in [-0.15, -0.1) is 0 Å². The Hall–Kier alpha value is -4.34. The second-order valence-corrected chi connectivity index (χ2v) is 17.9. The number of hydrogen-bond donors (Lipinski definition) is 1. The third-order valence-electron chi connectivity index (χ3n) is 9.90. The molecule has 1 amide bonds. The second-order valence-electron chi connectivity index (χ2n) is 16.1. The van der Waals surface area contributed by atoms with Crippen LogP contribution in [0.15, 0.2) is 95.9 Å². The summed E-state index contributed by atoms with van der Waals surface area (Å²) in [6.45, 7) is 15.3. The molecule has 4 aromatic rings. The third kappa shape index (κ3) is 11.6. The lowest BCUT2D eigenvalue weighted by Gasteiger charge is -2.39. The van der Waals surface area contributed by atoms with Crippen molar-refractivity contribution in [2.75, 3.05) is 39.4 Å². The molecule has 1 fully saturated rings. The van der Waals surface area contributed by atoms with Crippen molar-refractivity contribution in [1.29, 1.82) is 0 Å². The molecule has 1 aliphatic heterocycles. The van der Waals surface area contributed by atoms with E-state index in [1.807, 2.05) is 132 Å². The van der Waals surface area contributed by atoms with Gasteiger partial charge in [-0.3, -0.25) is 9.36 Å². The first-order valence-corrected chi connectivity index (χ1v) is 21.7. The van der Waals surface area contributed by atoms with Crippen LogP contribution in [0.25, 0.3) is 0 Å². The molecule has 0 bridgehead atoms. The second kappa shape index (κ2) is 21.2. The van der Waals surface area contributed by atoms with E-state index in [0.29, 0.717) is 16.5 Å². The number of hydrogen-bond acceptors (Lipinski definition) is 12. The number of anilines is 1. The molecule has 1 aromatic heterocycles. The van der Waals surface area contributed by atoms with Crippen LogP contribution in [0.3, 0.4) is 0 Å². The zero-order valence-corrected chi connectivity index (χ0v) is 38.2. The fourth-order valence-electron chi connectivity index (χ4n) is 7.01. The van der Waals surface area contributed by atoms with Crippen LogP contribution in [0.4, 0.5) is 10.2 Å². The van der Waals surface area contributed by atoms with E-state index < -0.39 is 50.3 Å². The van der Waals surface area contributed by atoms with Gasteiger partial charge < -0.3 is 38.0 Å². The average Bonchev–Trinajstić information content (AvgIpc) is 3.52. The van der Waals surface area contributed by atoms with E-state index in [2.05, 4.69) is 10.3 Å². The van der Waals surface area contributed by atoms with Crippen LogP contribution in [0, 0.1) is 5.41 Å². The summed E-state index contributed by atoms with van der Waals surface area (Å²) in [6, 6.07) is 26.0. The van der Waals surface area contributed by atoms with Gasteiger partial charge in [0.2, 0.25) is 5.91 Å². The highest BCUT2D eigenvalue weighted by Gasteiger charge is 2.51. The Labute approximate surface area is 364 Å². The summed E-state index contributed by atoms with van der Waals surface area (Å²) in [5.74, 6) is 0.915. The number of halogens is 1. The van der Waals surface area contributed by atoms with E-state index in [4.69, 9.17) is 44.9 Å². The Bertz CT molecular complexity index is 2050. The molecule has 16 heteroatoms. The Morgan fingerprint density at radius 1 is 0.902 bits per heavy atom. The topological polar surface area (TPSA) is 132 Å². The van der Waals surface area contributed by atoms with E-state index in [1.54, 1.807) is 14.2 Å². The SMILES string of the molecule is COc1ccc(C(OC[C@H]2O[C@@H](n3ccc(NC(C)=O)nc3=O)[C@@H](F)[C@H]2O[P@](OCCOC(=S)C(C)(C)C)N(C(C)C)C(C)C)(c2ccccc2)c2ccc(OC)cc2)cc1. The predicted molar refractivity (Wildman–Crippen MR) is 238 cm³/mol. The van der Waals surface area contributed by atoms with Crippen molar-refractivity contribution in [2.45, 2.75) is 97.7 Å². The number of benzene rings is 3. The highest BCUT2D eigenvalue weighted by atomic mass is 32.1. The van der Waals surface area contributed by atoms with Crippen LogP contribution in [-0.4, -0.2) is 89.7 Å². The number of ether oxygens (including phenoxy) is 5. The first-order valence-electron chi connectivity index (χ1n) is 20.2. The fourth-order valence-corrected chi connectivity index (χ4v) is 8.84. The first kappa shape index (κ1) is 47.7. The maximum absolute atomic E-state index is 17.4. The number of amides is 1. The van der Waals surface area contributed by atoms with Gasteiger partial charge in [-0.25, -0.2) is 13.9 Å². The summed E-state index contributed by atoms with van der Waals surface area (Å²) >= 11 is 5.48. The normalized spacial score (nSPS) is 18.7. The molecule has 0 radical (unpaired) electrons. The number of rotatable bonds is 19. The van der Waals surface area contributed by atoms with Gasteiger partial charge in [0.25, 0.3) is 8.53 Å². The van der Waals surface area contributed by atoms with Crippen LogP contribution in [0.2, 0.25) is 0 Å². The molecule has 5 rings (SSSR count). The molecule has 0 saturated carbocycles. The number of nitrogens with one attached hydrogen (secondary N) is 1. The van der Waals surface area contributed by atoms with Crippen molar-refractivity contribution in [2.24, 2.45) is 5.41 Å². The average molecular weight is 881 g/mol. The van der Waals surface area contributed by atoms with Gasteiger partial charge in [-0.1, -0.05) is 75.4 Å². The van der Waals surface area contributed by atoms with Crippen molar-refractivity contribution in [3.05, 3.63) is 118 Å². The van der Waals surface area contributed by atoms with Crippen LogP contribution in [0.1, 0.15) is 78.3 Å². The summed E-state index contributed by atoms with van der Waals surface area (Å²) < 4.78 is 64.3. The Morgan fingerprint density at radius 2 is 1.46 bits per heavy atom. The molecule has 1 aliphatic rings. The molecule has 3 aromatic carbocycles. The molecule has 61 heavy (non-hydrogen) atoms. The van der Waals surface area contributed by atoms with Crippen LogP contribution < -0.4 is 20.5 Å². The Morgan fingerprint density at radius 3 is 1.95 bits per heavy atom. The zero-order chi connectivity index (χ0) is 44.5. The monoisotopic (exact) mass is 880 g/mol. The van der Waals surface area contributed by atoms with Gasteiger partial charge in [0.05, 0.1) is 27.4 Å². The number of aromatic nitrogens is 2. The molecule has 0 unspecified atom stereocenters. The summed E-state index contributed by atoms with van der Waals surface area (Å²) in [4.78, 5) is 29.2. The molecular formula is C45H58FN4O9PS. The highest BCUT2D eigenvalue weighted by molar-refractivity contribution is 7.80. The van der Waals surface area contributed by atoms with E-state index >= 15 is 4.39 Å². The standard InChI is InChI=1S/C45H58FN4O9PS/c1-29(2)50(30(3)4)60(57-27-26-55-42(61)44(6,7)8)59-40-37(58-41(39(40)46)49-25-24-38(47-31(5)51)48-43(49)52)28-56-45(32-14-12-11-13-15-32,33-16-20-35(53-9)21-17-33)34-18-22-36(54-10)23-19-34/h11-25,29-30,37,39-41H,26-28H2,1-10H3,(H,47,48,51,52)/t37-,39+,40+,41-,60+/m1/s1. The van der Waals surface area contributed by atoms with Crippen LogP contribution in [-0.2, 0) is 33.7 Å². The molecule has 1 saturated heterocycles. The fraction of sp³-hybridized carbons (Fsp3) is 0.467. The molecule has 13 nitrogen and oxygen atoms in total. The summed E-state index contributed by atoms with van der Waals surface area (Å²) in [5.41, 5.74) is -0.150. The number of nitrogens with zero attached hydrogens (tertiary/aromatic N) is 3. The molecular weight excluding hydrogens is 823 g/mol. The number of carbonyl (C=O) groups excluding carboxylic acids is 1. The molecule has 1 N–H and O–H groups in total. The van der Waals surface area contributed by atoms with Crippen molar-refractivity contribution in [3.63, 3.8) is 0 Å². The number of methoxy groups -OCH3 is 2. The third-order valence-corrected chi connectivity index (χ3v) is 12.8. The minimum Gasteiger partial charge on any atom is -0.497 e. The lowest BCUT2D eigenvalue weighted by Crippen LogP contribution is -2.41. The van der Waals surface area contributed by atoms with Crippen molar-refractivity contribution in [1.82, 2.24) is 14.2 Å². The minimum atomic E-state index is -1.96. The largest absolute Gasteiger partial charge is 0.497 e.